The molecule has 3 rings (SSSR count). The number of aromatic nitrogens is 4. The molecule has 0 spiro atoms. The summed E-state index contributed by atoms with van der Waals surface area (Å²) in [5, 5.41) is 4.63. The summed E-state index contributed by atoms with van der Waals surface area (Å²) in [6.45, 7) is 5.53. The Morgan fingerprint density at radius 3 is 2.84 bits per heavy atom. The first-order chi connectivity index (χ1) is 9.11. The fraction of sp³-hybridized carbons (Fsp3) is 0.714. The number of rotatable bonds is 5. The Morgan fingerprint density at radius 2 is 2.21 bits per heavy atom. The first kappa shape index (κ1) is 12.9. The Morgan fingerprint density at radius 1 is 1.47 bits per heavy atom. The van der Waals surface area contributed by atoms with E-state index in [0.717, 1.165) is 46.9 Å². The van der Waals surface area contributed by atoms with E-state index in [0.29, 0.717) is 5.92 Å². The molecule has 0 aromatic carbocycles. The molecule has 5 heteroatoms. The van der Waals surface area contributed by atoms with E-state index in [1.165, 1.54) is 12.8 Å². The molecule has 1 aliphatic rings. The summed E-state index contributed by atoms with van der Waals surface area (Å²) in [6.07, 6.45) is 4.88. The lowest BCUT2D eigenvalue weighted by atomic mass is 10.1. The lowest BCUT2D eigenvalue weighted by molar-refractivity contribution is 0.430. The average Bonchev–Trinajstić information content (AvgIpc) is 3.10. The second-order valence-corrected chi connectivity index (χ2v) is 6.26. The Kier molecular flexibility index (Phi) is 3.25. The van der Waals surface area contributed by atoms with Gasteiger partial charge in [-0.05, 0) is 43.3 Å². The van der Waals surface area contributed by atoms with Crippen molar-refractivity contribution < 1.29 is 0 Å². The molecule has 1 saturated carbocycles. The second kappa shape index (κ2) is 4.78. The van der Waals surface area contributed by atoms with E-state index < -0.39 is 0 Å². The van der Waals surface area contributed by atoms with E-state index in [1.807, 2.05) is 11.7 Å². The van der Waals surface area contributed by atoms with E-state index in [4.69, 9.17) is 12.2 Å². The zero-order chi connectivity index (χ0) is 13.6. The third-order valence-corrected chi connectivity index (χ3v) is 4.53. The number of aryl methyl sites for hydroxylation is 2. The highest BCUT2D eigenvalue weighted by Gasteiger charge is 2.29. The first-order valence-corrected chi connectivity index (χ1v) is 7.67. The second-order valence-electron chi connectivity index (χ2n) is 5.87. The Hall–Kier alpha value is -1.10. The molecule has 1 N–H and O–H groups in total. The summed E-state index contributed by atoms with van der Waals surface area (Å²) in [7, 11) is 2.02. The van der Waals surface area contributed by atoms with Gasteiger partial charge in [-0.25, -0.2) is 0 Å². The number of nitrogens with zero attached hydrogens (tertiary/aromatic N) is 3. The maximum absolute atomic E-state index is 5.50. The fourth-order valence-corrected chi connectivity index (χ4v) is 3.22. The van der Waals surface area contributed by atoms with Crippen molar-refractivity contribution in [3.05, 3.63) is 10.5 Å². The third kappa shape index (κ3) is 2.24. The average molecular weight is 278 g/mol. The molecule has 2 heterocycles. The van der Waals surface area contributed by atoms with Gasteiger partial charge in [-0.1, -0.05) is 20.3 Å². The SMILES string of the molecule is CCCc1nn(C)c2c1[nH]c(=S)n2CC(C)C1CC1. The van der Waals surface area contributed by atoms with Gasteiger partial charge >= 0.3 is 0 Å². The van der Waals surface area contributed by atoms with Gasteiger partial charge in [0.2, 0.25) is 0 Å². The molecule has 0 amide bonds. The molecule has 1 fully saturated rings. The summed E-state index contributed by atoms with van der Waals surface area (Å²) in [4.78, 5) is 3.36. The summed E-state index contributed by atoms with van der Waals surface area (Å²) in [5.74, 6) is 1.60. The van der Waals surface area contributed by atoms with Gasteiger partial charge in [0.05, 0.1) is 5.69 Å². The standard InChI is InChI=1S/C14H22N4S/c1-4-5-11-12-13(17(3)16-11)18(14(19)15-12)8-9(2)10-6-7-10/h9-10H,4-8H2,1-3H3,(H,15,19). The normalized spacial score (nSPS) is 17.2. The molecule has 0 aliphatic heterocycles. The predicted octanol–water partition coefficient (Wildman–Crippen LogP) is 3.43. The van der Waals surface area contributed by atoms with Gasteiger partial charge in [0.25, 0.3) is 0 Å². The van der Waals surface area contributed by atoms with Crippen LogP contribution in [-0.4, -0.2) is 19.3 Å². The van der Waals surface area contributed by atoms with Gasteiger partial charge in [0.1, 0.15) is 5.52 Å². The summed E-state index contributed by atoms with van der Waals surface area (Å²) in [5.41, 5.74) is 3.43. The number of aromatic amines is 1. The minimum atomic E-state index is 0.704. The van der Waals surface area contributed by atoms with E-state index in [9.17, 15) is 0 Å². The van der Waals surface area contributed by atoms with Crippen molar-refractivity contribution in [2.75, 3.05) is 0 Å². The van der Waals surface area contributed by atoms with Gasteiger partial charge in [0.15, 0.2) is 10.4 Å². The van der Waals surface area contributed by atoms with Crippen LogP contribution in [0.1, 0.15) is 38.8 Å². The van der Waals surface area contributed by atoms with Gasteiger partial charge in [0, 0.05) is 13.6 Å². The minimum Gasteiger partial charge on any atom is -0.328 e. The highest BCUT2D eigenvalue weighted by atomic mass is 32.1. The molecule has 4 nitrogen and oxygen atoms in total. The molecule has 2 aromatic rings. The lowest BCUT2D eigenvalue weighted by Gasteiger charge is -2.11. The molecule has 1 unspecified atom stereocenters. The highest BCUT2D eigenvalue weighted by molar-refractivity contribution is 7.71. The Labute approximate surface area is 118 Å². The monoisotopic (exact) mass is 278 g/mol. The van der Waals surface area contributed by atoms with Gasteiger partial charge in [-0.2, -0.15) is 5.10 Å². The first-order valence-electron chi connectivity index (χ1n) is 7.26. The molecule has 1 aliphatic carbocycles. The largest absolute Gasteiger partial charge is 0.328 e. The van der Waals surface area contributed by atoms with Crippen molar-refractivity contribution in [1.29, 1.82) is 0 Å². The van der Waals surface area contributed by atoms with Crippen LogP contribution in [0.4, 0.5) is 0 Å². The number of fused-ring (bicyclic) bond motifs is 1. The van der Waals surface area contributed by atoms with Crippen LogP contribution in [0.25, 0.3) is 11.2 Å². The van der Waals surface area contributed by atoms with Gasteiger partial charge in [-0.3, -0.25) is 4.68 Å². The van der Waals surface area contributed by atoms with Crippen molar-refractivity contribution in [2.24, 2.45) is 18.9 Å². The molecule has 0 radical (unpaired) electrons. The molecular weight excluding hydrogens is 256 g/mol. The number of nitrogens with one attached hydrogen (secondary N) is 1. The molecule has 2 aromatic heterocycles. The van der Waals surface area contributed by atoms with Crippen molar-refractivity contribution in [3.8, 4) is 0 Å². The minimum absolute atomic E-state index is 0.704. The number of hydrogen-bond donors (Lipinski definition) is 1. The van der Waals surface area contributed by atoms with Crippen molar-refractivity contribution >= 4 is 23.4 Å². The van der Waals surface area contributed by atoms with Crippen molar-refractivity contribution in [1.82, 2.24) is 19.3 Å². The van der Waals surface area contributed by atoms with Gasteiger partial charge < -0.3 is 9.55 Å². The predicted molar refractivity (Wildman–Crippen MR) is 79.8 cm³/mol. The number of H-pyrrole nitrogens is 1. The summed E-state index contributed by atoms with van der Waals surface area (Å²) in [6, 6.07) is 0. The maximum Gasteiger partial charge on any atom is 0.179 e. The quantitative estimate of drug-likeness (QED) is 0.851. The van der Waals surface area contributed by atoms with Crippen LogP contribution in [0.5, 0.6) is 0 Å². The zero-order valence-electron chi connectivity index (χ0n) is 11.9. The van der Waals surface area contributed by atoms with E-state index in [2.05, 4.69) is 28.5 Å². The van der Waals surface area contributed by atoms with Crippen LogP contribution >= 0.6 is 12.2 Å². The summed E-state index contributed by atoms with van der Waals surface area (Å²) < 4.78 is 5.05. The molecule has 1 atom stereocenters. The highest BCUT2D eigenvalue weighted by Crippen LogP contribution is 2.37. The third-order valence-electron chi connectivity index (χ3n) is 4.21. The Balaban J connectivity index is 2.03. The number of imidazole rings is 1. The fourth-order valence-electron chi connectivity index (χ4n) is 2.96. The van der Waals surface area contributed by atoms with Crippen LogP contribution in [0.3, 0.4) is 0 Å². The zero-order valence-corrected chi connectivity index (χ0v) is 12.8. The lowest BCUT2D eigenvalue weighted by Crippen LogP contribution is -2.11. The Bertz CT molecular complexity index is 644. The van der Waals surface area contributed by atoms with Crippen LogP contribution in [0.15, 0.2) is 0 Å². The molecule has 0 saturated heterocycles. The van der Waals surface area contributed by atoms with Crippen LogP contribution in [0, 0.1) is 16.6 Å². The van der Waals surface area contributed by atoms with Crippen molar-refractivity contribution in [2.45, 2.75) is 46.1 Å². The molecule has 19 heavy (non-hydrogen) atoms. The molecular formula is C14H22N4S. The van der Waals surface area contributed by atoms with E-state index in [-0.39, 0.29) is 0 Å². The topological polar surface area (TPSA) is 38.5 Å². The maximum atomic E-state index is 5.50. The van der Waals surface area contributed by atoms with Crippen LogP contribution in [-0.2, 0) is 20.0 Å². The van der Waals surface area contributed by atoms with Crippen molar-refractivity contribution in [3.63, 3.8) is 0 Å². The van der Waals surface area contributed by atoms with E-state index >= 15 is 0 Å². The number of hydrogen-bond acceptors (Lipinski definition) is 2. The summed E-state index contributed by atoms with van der Waals surface area (Å²) >= 11 is 5.50. The van der Waals surface area contributed by atoms with E-state index in [1.54, 1.807) is 0 Å². The van der Waals surface area contributed by atoms with Crippen LogP contribution < -0.4 is 0 Å². The van der Waals surface area contributed by atoms with Crippen LogP contribution in [0.2, 0.25) is 0 Å². The smallest absolute Gasteiger partial charge is 0.179 e. The van der Waals surface area contributed by atoms with Gasteiger partial charge in [-0.15, -0.1) is 0 Å². The molecule has 0 bridgehead atoms. The molecule has 104 valence electrons.